The third-order valence-corrected chi connectivity index (χ3v) is 3.36. The maximum Gasteiger partial charge on any atom is 0.257 e. The molecule has 1 aromatic rings. The summed E-state index contributed by atoms with van der Waals surface area (Å²) in [5, 5.41) is 9.20. The summed E-state index contributed by atoms with van der Waals surface area (Å²) in [5.41, 5.74) is 6.37. The Morgan fingerprint density at radius 3 is 3.00 bits per heavy atom. The van der Waals surface area contributed by atoms with Crippen molar-refractivity contribution in [1.82, 2.24) is 4.90 Å². The number of benzene rings is 1. The van der Waals surface area contributed by atoms with Crippen molar-refractivity contribution < 1.29 is 14.3 Å². The van der Waals surface area contributed by atoms with E-state index in [2.05, 4.69) is 0 Å². The zero-order chi connectivity index (χ0) is 13.3. The summed E-state index contributed by atoms with van der Waals surface area (Å²) in [4.78, 5) is 13.8. The first-order valence-electron chi connectivity index (χ1n) is 6.02. The van der Waals surface area contributed by atoms with Gasteiger partial charge in [-0.1, -0.05) is 0 Å². The second-order valence-corrected chi connectivity index (χ2v) is 4.68. The third kappa shape index (κ3) is 2.18. The summed E-state index contributed by atoms with van der Waals surface area (Å²) in [5.74, 6) is -0.919. The van der Waals surface area contributed by atoms with E-state index >= 15 is 0 Å². The quantitative estimate of drug-likeness (QED) is 0.780. The van der Waals surface area contributed by atoms with Crippen LogP contribution in [-0.4, -0.2) is 35.1 Å². The van der Waals surface area contributed by atoms with Gasteiger partial charge in [-0.15, -0.1) is 0 Å². The molecule has 18 heavy (non-hydrogen) atoms. The van der Waals surface area contributed by atoms with Gasteiger partial charge in [0, 0.05) is 12.2 Å². The van der Waals surface area contributed by atoms with E-state index in [1.54, 1.807) is 6.92 Å². The van der Waals surface area contributed by atoms with Gasteiger partial charge in [0.2, 0.25) is 0 Å². The molecular formula is C13H17FN2O2. The first kappa shape index (κ1) is 12.8. The highest BCUT2D eigenvalue weighted by atomic mass is 19.1. The van der Waals surface area contributed by atoms with Crippen LogP contribution in [0.15, 0.2) is 12.1 Å². The number of rotatable bonds is 2. The number of nitrogens with zero attached hydrogens (tertiary/aromatic N) is 1. The Bertz CT molecular complexity index is 476. The number of anilines is 1. The second kappa shape index (κ2) is 4.94. The van der Waals surface area contributed by atoms with Gasteiger partial charge < -0.3 is 15.7 Å². The number of amides is 1. The largest absolute Gasteiger partial charge is 0.399 e. The molecule has 0 unspecified atom stereocenters. The molecule has 0 radical (unpaired) electrons. The van der Waals surface area contributed by atoms with E-state index in [0.29, 0.717) is 17.8 Å². The van der Waals surface area contributed by atoms with Gasteiger partial charge in [0.05, 0.1) is 18.2 Å². The molecule has 1 atom stereocenters. The van der Waals surface area contributed by atoms with E-state index in [4.69, 9.17) is 5.73 Å². The van der Waals surface area contributed by atoms with Gasteiger partial charge in [-0.05, 0) is 37.5 Å². The van der Waals surface area contributed by atoms with Crippen molar-refractivity contribution in [2.45, 2.75) is 25.8 Å². The predicted octanol–water partition coefficient (Wildman–Crippen LogP) is 1.31. The Balaban J connectivity index is 2.34. The fraction of sp³-hybridized carbons (Fsp3) is 0.462. The molecule has 98 valence electrons. The van der Waals surface area contributed by atoms with Crippen molar-refractivity contribution in [1.29, 1.82) is 0 Å². The van der Waals surface area contributed by atoms with E-state index in [-0.39, 0.29) is 24.1 Å². The molecule has 5 heteroatoms. The average Bonchev–Trinajstić information content (AvgIpc) is 2.81. The monoisotopic (exact) mass is 252 g/mol. The van der Waals surface area contributed by atoms with Gasteiger partial charge in [-0.3, -0.25) is 4.79 Å². The Kier molecular flexibility index (Phi) is 3.52. The predicted molar refractivity (Wildman–Crippen MR) is 66.7 cm³/mol. The minimum absolute atomic E-state index is 0.00662. The van der Waals surface area contributed by atoms with Crippen molar-refractivity contribution in [2.24, 2.45) is 0 Å². The molecular weight excluding hydrogens is 235 g/mol. The highest BCUT2D eigenvalue weighted by Crippen LogP contribution is 2.23. The molecule has 3 N–H and O–H groups in total. The lowest BCUT2D eigenvalue weighted by Gasteiger charge is -2.23. The van der Waals surface area contributed by atoms with E-state index in [1.807, 2.05) is 0 Å². The highest BCUT2D eigenvalue weighted by Gasteiger charge is 2.30. The van der Waals surface area contributed by atoms with Crippen LogP contribution in [-0.2, 0) is 0 Å². The van der Waals surface area contributed by atoms with Crippen LogP contribution in [0.25, 0.3) is 0 Å². The number of halogens is 1. The number of hydrogen-bond donors (Lipinski definition) is 2. The maximum atomic E-state index is 14.0. The molecule has 2 rings (SSSR count). The molecule has 1 saturated heterocycles. The van der Waals surface area contributed by atoms with E-state index < -0.39 is 5.82 Å². The topological polar surface area (TPSA) is 66.6 Å². The Morgan fingerprint density at radius 2 is 2.33 bits per heavy atom. The first-order valence-corrected chi connectivity index (χ1v) is 6.02. The van der Waals surface area contributed by atoms with Crippen molar-refractivity contribution in [3.8, 4) is 0 Å². The zero-order valence-corrected chi connectivity index (χ0v) is 10.3. The lowest BCUT2D eigenvalue weighted by Crippen LogP contribution is -2.38. The lowest BCUT2D eigenvalue weighted by molar-refractivity contribution is 0.0673. The SMILES string of the molecule is Cc1cc(N)cc(C(=O)N2CCC[C@H]2CO)c1F. The fourth-order valence-corrected chi connectivity index (χ4v) is 2.40. The van der Waals surface area contributed by atoms with Gasteiger partial charge >= 0.3 is 0 Å². The van der Waals surface area contributed by atoms with Crippen LogP contribution >= 0.6 is 0 Å². The Labute approximate surface area is 105 Å². The van der Waals surface area contributed by atoms with Gasteiger partial charge in [-0.2, -0.15) is 0 Å². The molecule has 1 fully saturated rings. The molecule has 0 aromatic heterocycles. The number of aliphatic hydroxyl groups is 1. The van der Waals surface area contributed by atoms with Crippen LogP contribution in [0.1, 0.15) is 28.8 Å². The molecule has 1 amide bonds. The average molecular weight is 252 g/mol. The van der Waals surface area contributed by atoms with E-state index in [0.717, 1.165) is 12.8 Å². The van der Waals surface area contributed by atoms with Crippen molar-refractivity contribution >= 4 is 11.6 Å². The number of nitrogen functional groups attached to an aromatic ring is 1. The summed E-state index contributed by atoms with van der Waals surface area (Å²) >= 11 is 0. The molecule has 1 heterocycles. The summed E-state index contributed by atoms with van der Waals surface area (Å²) in [6.07, 6.45) is 1.59. The minimum Gasteiger partial charge on any atom is -0.399 e. The second-order valence-electron chi connectivity index (χ2n) is 4.68. The number of carbonyl (C=O) groups excluding carboxylic acids is 1. The number of hydrogen-bond acceptors (Lipinski definition) is 3. The van der Waals surface area contributed by atoms with Gasteiger partial charge in [-0.25, -0.2) is 4.39 Å². The summed E-state index contributed by atoms with van der Waals surface area (Å²) in [6.45, 7) is 2.04. The van der Waals surface area contributed by atoms with Crippen LogP contribution in [0.4, 0.5) is 10.1 Å². The number of nitrogens with two attached hydrogens (primary N) is 1. The highest BCUT2D eigenvalue weighted by molar-refractivity contribution is 5.96. The maximum absolute atomic E-state index is 14.0. The van der Waals surface area contributed by atoms with Crippen LogP contribution in [0, 0.1) is 12.7 Å². The van der Waals surface area contributed by atoms with Crippen LogP contribution in [0.5, 0.6) is 0 Å². The summed E-state index contributed by atoms with van der Waals surface area (Å²) < 4.78 is 14.0. The standard InChI is InChI=1S/C13H17FN2O2/c1-8-5-9(15)6-11(12(8)14)13(18)16-4-2-3-10(16)7-17/h5-6,10,17H,2-4,7,15H2,1H3/t10-/m0/s1. The van der Waals surface area contributed by atoms with Crippen LogP contribution < -0.4 is 5.73 Å². The normalized spacial score (nSPS) is 19.3. The molecule has 0 aliphatic carbocycles. The zero-order valence-electron chi connectivity index (χ0n) is 10.3. The number of aryl methyl sites for hydroxylation is 1. The number of aliphatic hydroxyl groups excluding tert-OH is 1. The van der Waals surface area contributed by atoms with E-state index in [1.165, 1.54) is 17.0 Å². The van der Waals surface area contributed by atoms with Crippen LogP contribution in [0.3, 0.4) is 0 Å². The molecule has 4 nitrogen and oxygen atoms in total. The Morgan fingerprint density at radius 1 is 1.61 bits per heavy atom. The lowest BCUT2D eigenvalue weighted by atomic mass is 10.1. The Hall–Kier alpha value is -1.62. The number of likely N-dealkylation sites (tertiary alicyclic amines) is 1. The van der Waals surface area contributed by atoms with Crippen molar-refractivity contribution in [3.05, 3.63) is 29.1 Å². The smallest absolute Gasteiger partial charge is 0.257 e. The fourth-order valence-electron chi connectivity index (χ4n) is 2.40. The molecule has 1 aliphatic rings. The minimum atomic E-state index is -0.530. The van der Waals surface area contributed by atoms with Crippen molar-refractivity contribution in [2.75, 3.05) is 18.9 Å². The van der Waals surface area contributed by atoms with Crippen LogP contribution in [0.2, 0.25) is 0 Å². The van der Waals surface area contributed by atoms with Gasteiger partial charge in [0.15, 0.2) is 0 Å². The third-order valence-electron chi connectivity index (χ3n) is 3.36. The first-order chi connectivity index (χ1) is 8.54. The summed E-state index contributed by atoms with van der Waals surface area (Å²) in [7, 11) is 0. The number of carbonyl (C=O) groups is 1. The molecule has 0 bridgehead atoms. The van der Waals surface area contributed by atoms with E-state index in [9.17, 15) is 14.3 Å². The molecule has 1 aromatic carbocycles. The van der Waals surface area contributed by atoms with Gasteiger partial charge in [0.1, 0.15) is 5.82 Å². The molecule has 0 saturated carbocycles. The molecule has 1 aliphatic heterocycles. The summed E-state index contributed by atoms with van der Waals surface area (Å²) in [6, 6.07) is 2.65. The molecule has 0 spiro atoms. The van der Waals surface area contributed by atoms with Crippen molar-refractivity contribution in [3.63, 3.8) is 0 Å². The van der Waals surface area contributed by atoms with Gasteiger partial charge in [0.25, 0.3) is 5.91 Å².